The van der Waals surface area contributed by atoms with E-state index in [9.17, 15) is 4.79 Å². The van der Waals surface area contributed by atoms with E-state index < -0.39 is 0 Å². The Hall–Kier alpha value is -0.660. The number of carbonyl (C=O) groups is 1. The molecule has 22 heavy (non-hydrogen) atoms. The van der Waals surface area contributed by atoms with Gasteiger partial charge in [0, 0.05) is 18.0 Å². The minimum atomic E-state index is -0.129. The van der Waals surface area contributed by atoms with Crippen LogP contribution in [0, 0.1) is 0 Å². The molecule has 8 heteroatoms. The van der Waals surface area contributed by atoms with Crippen LogP contribution in [0.4, 0.5) is 0 Å². The lowest BCUT2D eigenvalue weighted by Gasteiger charge is -2.15. The average molecular weight is 382 g/mol. The maximum Gasteiger partial charge on any atom is 0.271 e. The molecule has 0 radical (unpaired) electrons. The molecule has 0 fully saturated rings. The fourth-order valence-corrected chi connectivity index (χ4v) is 3.46. The summed E-state index contributed by atoms with van der Waals surface area (Å²) >= 11 is 3.12. The Morgan fingerprint density at radius 2 is 2.18 bits per heavy atom. The van der Waals surface area contributed by atoms with Crippen molar-refractivity contribution < 1.29 is 4.79 Å². The molecule has 3 N–H and O–H groups in total. The second-order valence-electron chi connectivity index (χ2n) is 4.56. The van der Waals surface area contributed by atoms with Gasteiger partial charge >= 0.3 is 0 Å². The van der Waals surface area contributed by atoms with Crippen LogP contribution in [0.1, 0.15) is 36.7 Å². The van der Waals surface area contributed by atoms with E-state index in [1.165, 1.54) is 11.3 Å². The van der Waals surface area contributed by atoms with Crippen molar-refractivity contribution in [1.29, 1.82) is 0 Å². The number of thiophene rings is 1. The first-order chi connectivity index (χ1) is 9.74. The van der Waals surface area contributed by atoms with Crippen LogP contribution in [0.3, 0.4) is 0 Å². The Morgan fingerprint density at radius 3 is 2.77 bits per heavy atom. The second-order valence-corrected chi connectivity index (χ2v) is 6.37. The van der Waals surface area contributed by atoms with Crippen molar-refractivity contribution in [2.24, 2.45) is 5.73 Å². The van der Waals surface area contributed by atoms with Crippen LogP contribution < -0.4 is 11.1 Å². The zero-order valence-corrected chi connectivity index (χ0v) is 15.5. The van der Waals surface area contributed by atoms with Crippen molar-refractivity contribution in [1.82, 2.24) is 10.3 Å². The number of nitrogens with zero attached hydrogens (tertiary/aromatic N) is 1. The first-order valence-corrected chi connectivity index (χ1v) is 8.50. The number of thiazole rings is 1. The normalized spacial score (nSPS) is 11.2. The van der Waals surface area contributed by atoms with E-state index in [0.717, 1.165) is 29.1 Å². The lowest BCUT2D eigenvalue weighted by atomic mass is 10.1. The molecular formula is C14H21Cl2N3OS2. The highest BCUT2D eigenvalue weighted by Gasteiger charge is 2.15. The van der Waals surface area contributed by atoms with E-state index >= 15 is 0 Å². The monoisotopic (exact) mass is 381 g/mol. The number of aromatic nitrogens is 1. The smallest absolute Gasteiger partial charge is 0.271 e. The molecule has 2 aromatic rings. The molecular weight excluding hydrogens is 361 g/mol. The summed E-state index contributed by atoms with van der Waals surface area (Å²) in [7, 11) is 0. The van der Waals surface area contributed by atoms with Gasteiger partial charge in [-0.1, -0.05) is 25.8 Å². The maximum absolute atomic E-state index is 12.1. The third kappa shape index (κ3) is 5.85. The van der Waals surface area contributed by atoms with Crippen LogP contribution >= 0.6 is 47.5 Å². The van der Waals surface area contributed by atoms with Crippen LogP contribution in [-0.2, 0) is 0 Å². The molecule has 1 atom stereocenters. The van der Waals surface area contributed by atoms with Gasteiger partial charge in [0.1, 0.15) is 10.7 Å². The van der Waals surface area contributed by atoms with Crippen LogP contribution in [0.5, 0.6) is 0 Å². The molecule has 0 bridgehead atoms. The molecule has 0 aliphatic rings. The Bertz CT molecular complexity index is 546. The van der Waals surface area contributed by atoms with Gasteiger partial charge in [0.15, 0.2) is 0 Å². The number of halogens is 2. The molecule has 0 aromatic carbocycles. The number of rotatable bonds is 7. The van der Waals surface area contributed by atoms with Gasteiger partial charge in [0.25, 0.3) is 5.91 Å². The highest BCUT2D eigenvalue weighted by Crippen LogP contribution is 2.27. The van der Waals surface area contributed by atoms with E-state index in [-0.39, 0.29) is 36.8 Å². The predicted molar refractivity (Wildman–Crippen MR) is 99.8 cm³/mol. The molecule has 0 saturated heterocycles. The van der Waals surface area contributed by atoms with Gasteiger partial charge in [0.2, 0.25) is 0 Å². The summed E-state index contributed by atoms with van der Waals surface area (Å²) in [6.07, 6.45) is 3.09. The third-order valence-corrected chi connectivity index (χ3v) is 4.88. The Morgan fingerprint density at radius 1 is 1.41 bits per heavy atom. The minimum absolute atomic E-state index is 0. The first-order valence-electron chi connectivity index (χ1n) is 6.75. The molecule has 2 aromatic heterocycles. The van der Waals surface area contributed by atoms with E-state index in [1.54, 1.807) is 16.7 Å². The third-order valence-electron chi connectivity index (χ3n) is 2.99. The van der Waals surface area contributed by atoms with E-state index in [0.29, 0.717) is 12.2 Å². The van der Waals surface area contributed by atoms with Crippen molar-refractivity contribution in [3.63, 3.8) is 0 Å². The molecule has 0 aliphatic heterocycles. The van der Waals surface area contributed by atoms with Crippen molar-refractivity contribution in [3.05, 3.63) is 28.6 Å². The van der Waals surface area contributed by atoms with Gasteiger partial charge in [-0.3, -0.25) is 4.79 Å². The van der Waals surface area contributed by atoms with Gasteiger partial charge in [-0.15, -0.1) is 47.5 Å². The largest absolute Gasteiger partial charge is 0.347 e. The Labute approximate surface area is 151 Å². The van der Waals surface area contributed by atoms with Gasteiger partial charge in [0.05, 0.1) is 4.88 Å². The molecule has 4 nitrogen and oxygen atoms in total. The Balaban J connectivity index is 0.00000220. The Kier molecular flexibility index (Phi) is 10.6. The summed E-state index contributed by atoms with van der Waals surface area (Å²) in [5, 5.41) is 7.66. The summed E-state index contributed by atoms with van der Waals surface area (Å²) < 4.78 is 0. The molecule has 2 heterocycles. The van der Waals surface area contributed by atoms with Crippen molar-refractivity contribution >= 4 is 53.4 Å². The SMILES string of the molecule is CCCCC(CN)NC(=O)c1csc(-c2cccs2)n1.Cl.Cl. The quantitative estimate of drug-likeness (QED) is 0.762. The van der Waals surface area contributed by atoms with E-state index in [2.05, 4.69) is 17.2 Å². The van der Waals surface area contributed by atoms with Gasteiger partial charge in [-0.2, -0.15) is 0 Å². The second kappa shape index (κ2) is 11.0. The van der Waals surface area contributed by atoms with Gasteiger partial charge in [-0.05, 0) is 17.9 Å². The standard InChI is InChI=1S/C14H19N3OS2.2ClH/c1-2-3-5-10(8-15)16-13(18)11-9-20-14(17-11)12-6-4-7-19-12;;/h4,6-7,9-10H,2-3,5,8,15H2,1H3,(H,16,18);2*1H. The summed E-state index contributed by atoms with van der Waals surface area (Å²) in [6, 6.07) is 4.03. The number of amides is 1. The summed E-state index contributed by atoms with van der Waals surface area (Å²) in [5.41, 5.74) is 6.17. The fourth-order valence-electron chi connectivity index (χ4n) is 1.85. The number of hydrogen-bond acceptors (Lipinski definition) is 5. The molecule has 0 aliphatic carbocycles. The van der Waals surface area contributed by atoms with Gasteiger partial charge in [-0.25, -0.2) is 4.98 Å². The predicted octanol–water partition coefficient (Wildman–Crippen LogP) is 3.96. The zero-order valence-electron chi connectivity index (χ0n) is 12.3. The number of carbonyl (C=O) groups excluding carboxylic acids is 1. The zero-order chi connectivity index (χ0) is 14.4. The summed E-state index contributed by atoms with van der Waals surface area (Å²) in [4.78, 5) is 17.6. The molecule has 124 valence electrons. The van der Waals surface area contributed by atoms with Crippen molar-refractivity contribution in [2.75, 3.05) is 6.54 Å². The summed E-state index contributed by atoms with van der Waals surface area (Å²) in [5.74, 6) is -0.129. The number of nitrogens with one attached hydrogen (secondary N) is 1. The van der Waals surface area contributed by atoms with Crippen LogP contribution in [-0.4, -0.2) is 23.5 Å². The van der Waals surface area contributed by atoms with Crippen LogP contribution in [0.2, 0.25) is 0 Å². The summed E-state index contributed by atoms with van der Waals surface area (Å²) in [6.45, 7) is 2.59. The highest BCUT2D eigenvalue weighted by atomic mass is 35.5. The molecule has 1 unspecified atom stereocenters. The molecule has 0 saturated carbocycles. The molecule has 1 amide bonds. The minimum Gasteiger partial charge on any atom is -0.347 e. The topological polar surface area (TPSA) is 68.0 Å². The number of hydrogen-bond donors (Lipinski definition) is 2. The van der Waals surface area contributed by atoms with Crippen LogP contribution in [0.25, 0.3) is 9.88 Å². The highest BCUT2D eigenvalue weighted by molar-refractivity contribution is 7.20. The lowest BCUT2D eigenvalue weighted by Crippen LogP contribution is -2.40. The lowest BCUT2D eigenvalue weighted by molar-refractivity contribution is 0.0931. The fraction of sp³-hybridized carbons (Fsp3) is 0.429. The van der Waals surface area contributed by atoms with Crippen molar-refractivity contribution in [3.8, 4) is 9.88 Å². The maximum atomic E-state index is 12.1. The first kappa shape index (κ1) is 21.3. The van der Waals surface area contributed by atoms with Crippen LogP contribution in [0.15, 0.2) is 22.9 Å². The van der Waals surface area contributed by atoms with Gasteiger partial charge < -0.3 is 11.1 Å². The number of nitrogens with two attached hydrogens (primary N) is 1. The molecule has 0 spiro atoms. The van der Waals surface area contributed by atoms with E-state index in [1.807, 2.05) is 17.5 Å². The number of unbranched alkanes of at least 4 members (excludes halogenated alkanes) is 1. The molecule has 2 rings (SSSR count). The average Bonchev–Trinajstić information content (AvgIpc) is 3.12. The van der Waals surface area contributed by atoms with Crippen molar-refractivity contribution in [2.45, 2.75) is 32.2 Å². The van der Waals surface area contributed by atoms with E-state index in [4.69, 9.17) is 5.73 Å².